The second kappa shape index (κ2) is 10.7. The molecule has 8 nitrogen and oxygen atoms in total. The van der Waals surface area contributed by atoms with Crippen LogP contribution in [0.2, 0.25) is 5.02 Å². The third-order valence-corrected chi connectivity index (χ3v) is 6.15. The number of nitrogens with one attached hydrogen (secondary N) is 1. The SMILES string of the molecule is O=C(Nc1cccc(Cl)c1)c1nnc(COCC(=O)N2CCN(c3ccc(F)cc3)CC2)s1. The highest BCUT2D eigenvalue weighted by Crippen LogP contribution is 2.19. The van der Waals surface area contributed by atoms with E-state index in [1.807, 2.05) is 0 Å². The van der Waals surface area contributed by atoms with Gasteiger partial charge in [-0.1, -0.05) is 29.0 Å². The third kappa shape index (κ3) is 6.25. The summed E-state index contributed by atoms with van der Waals surface area (Å²) in [7, 11) is 0. The van der Waals surface area contributed by atoms with Crippen molar-refractivity contribution in [1.82, 2.24) is 15.1 Å². The lowest BCUT2D eigenvalue weighted by atomic mass is 10.2. The van der Waals surface area contributed by atoms with Gasteiger partial charge in [0.15, 0.2) is 0 Å². The summed E-state index contributed by atoms with van der Waals surface area (Å²) in [4.78, 5) is 28.6. The van der Waals surface area contributed by atoms with Crippen LogP contribution < -0.4 is 10.2 Å². The molecular formula is C22H21ClFN5O3S. The number of aromatic nitrogens is 2. The number of anilines is 2. The number of rotatable bonds is 7. The van der Waals surface area contributed by atoms with Crippen LogP contribution in [0.5, 0.6) is 0 Å². The zero-order valence-corrected chi connectivity index (χ0v) is 19.1. The van der Waals surface area contributed by atoms with E-state index in [-0.39, 0.29) is 29.9 Å². The fraction of sp³-hybridized carbons (Fsp3) is 0.273. The molecule has 0 radical (unpaired) electrons. The minimum Gasteiger partial charge on any atom is -0.368 e. The van der Waals surface area contributed by atoms with Crippen LogP contribution in [0.4, 0.5) is 15.8 Å². The van der Waals surface area contributed by atoms with Gasteiger partial charge in [0, 0.05) is 42.6 Å². The number of carbonyl (C=O) groups is 2. The first-order valence-electron chi connectivity index (χ1n) is 10.2. The average molecular weight is 490 g/mol. The molecular weight excluding hydrogens is 469 g/mol. The average Bonchev–Trinajstić information content (AvgIpc) is 3.29. The number of nitrogens with zero attached hydrogens (tertiary/aromatic N) is 4. The van der Waals surface area contributed by atoms with E-state index in [1.165, 1.54) is 12.1 Å². The van der Waals surface area contributed by atoms with Gasteiger partial charge in [-0.2, -0.15) is 0 Å². The first kappa shape index (κ1) is 23.1. The van der Waals surface area contributed by atoms with Crippen LogP contribution in [0.15, 0.2) is 48.5 Å². The number of piperazine rings is 1. The van der Waals surface area contributed by atoms with Gasteiger partial charge < -0.3 is 19.9 Å². The maximum atomic E-state index is 13.1. The van der Waals surface area contributed by atoms with Crippen LogP contribution in [-0.2, 0) is 16.1 Å². The van der Waals surface area contributed by atoms with Crippen molar-refractivity contribution in [3.05, 3.63) is 69.4 Å². The summed E-state index contributed by atoms with van der Waals surface area (Å²) in [5.41, 5.74) is 1.50. The normalized spacial score (nSPS) is 13.8. The van der Waals surface area contributed by atoms with Crippen molar-refractivity contribution in [2.75, 3.05) is 43.0 Å². The van der Waals surface area contributed by atoms with Gasteiger partial charge in [0.2, 0.25) is 10.9 Å². The van der Waals surface area contributed by atoms with E-state index in [0.29, 0.717) is 41.9 Å². The maximum Gasteiger partial charge on any atom is 0.286 e. The van der Waals surface area contributed by atoms with E-state index in [2.05, 4.69) is 20.4 Å². The van der Waals surface area contributed by atoms with E-state index < -0.39 is 5.91 Å². The molecule has 3 aromatic rings. The molecule has 0 atom stereocenters. The minimum absolute atomic E-state index is 0.0832. The van der Waals surface area contributed by atoms with Crippen molar-refractivity contribution in [3.8, 4) is 0 Å². The molecule has 2 heterocycles. The van der Waals surface area contributed by atoms with Crippen molar-refractivity contribution in [2.24, 2.45) is 0 Å². The van der Waals surface area contributed by atoms with E-state index in [1.54, 1.807) is 41.3 Å². The molecule has 0 spiro atoms. The molecule has 0 bridgehead atoms. The van der Waals surface area contributed by atoms with Gasteiger partial charge in [-0.25, -0.2) is 4.39 Å². The van der Waals surface area contributed by atoms with Crippen LogP contribution in [-0.4, -0.2) is 59.7 Å². The number of halogens is 2. The van der Waals surface area contributed by atoms with Gasteiger partial charge in [-0.05, 0) is 42.5 Å². The van der Waals surface area contributed by atoms with Crippen LogP contribution in [0.3, 0.4) is 0 Å². The molecule has 11 heteroatoms. The molecule has 2 aromatic carbocycles. The minimum atomic E-state index is -0.392. The Balaban J connectivity index is 1.20. The largest absolute Gasteiger partial charge is 0.368 e. The quantitative estimate of drug-likeness (QED) is 0.547. The maximum absolute atomic E-state index is 13.1. The lowest BCUT2D eigenvalue weighted by Crippen LogP contribution is -2.49. The fourth-order valence-electron chi connectivity index (χ4n) is 3.34. The Hall–Kier alpha value is -3.08. The molecule has 0 saturated carbocycles. The van der Waals surface area contributed by atoms with E-state index in [4.69, 9.17) is 16.3 Å². The lowest BCUT2D eigenvalue weighted by Gasteiger charge is -2.36. The summed E-state index contributed by atoms with van der Waals surface area (Å²) >= 11 is 7.02. The summed E-state index contributed by atoms with van der Waals surface area (Å²) in [6, 6.07) is 13.1. The highest BCUT2D eigenvalue weighted by atomic mass is 35.5. The highest BCUT2D eigenvalue weighted by Gasteiger charge is 2.21. The molecule has 4 rings (SSSR count). The Morgan fingerprint density at radius 2 is 1.85 bits per heavy atom. The van der Waals surface area contributed by atoms with Crippen molar-refractivity contribution in [2.45, 2.75) is 6.61 Å². The molecule has 1 fully saturated rings. The number of hydrogen-bond acceptors (Lipinski definition) is 7. The number of ether oxygens (including phenoxy) is 1. The Morgan fingerprint density at radius 3 is 2.58 bits per heavy atom. The topological polar surface area (TPSA) is 87.7 Å². The lowest BCUT2D eigenvalue weighted by molar-refractivity contribution is -0.136. The Morgan fingerprint density at radius 1 is 1.09 bits per heavy atom. The molecule has 0 unspecified atom stereocenters. The standard InChI is InChI=1S/C22H21ClFN5O3S/c23-15-2-1-3-17(12-15)25-21(31)22-27-26-19(33-22)13-32-14-20(30)29-10-8-28(9-11-29)18-6-4-16(24)5-7-18/h1-7,12H,8-11,13-14H2,(H,25,31). The smallest absolute Gasteiger partial charge is 0.286 e. The summed E-state index contributed by atoms with van der Waals surface area (Å²) in [6.45, 7) is 2.46. The van der Waals surface area contributed by atoms with Crippen molar-refractivity contribution < 1.29 is 18.7 Å². The van der Waals surface area contributed by atoms with E-state index in [9.17, 15) is 14.0 Å². The van der Waals surface area contributed by atoms with Crippen LogP contribution in [0, 0.1) is 5.82 Å². The molecule has 172 valence electrons. The third-order valence-electron chi connectivity index (χ3n) is 5.02. The number of hydrogen-bond donors (Lipinski definition) is 1. The molecule has 1 saturated heterocycles. The van der Waals surface area contributed by atoms with Gasteiger partial charge in [0.25, 0.3) is 5.91 Å². The first-order valence-corrected chi connectivity index (χ1v) is 11.4. The monoisotopic (exact) mass is 489 g/mol. The zero-order chi connectivity index (χ0) is 23.2. The number of benzene rings is 2. The van der Waals surface area contributed by atoms with Gasteiger partial charge >= 0.3 is 0 Å². The van der Waals surface area contributed by atoms with Crippen LogP contribution in [0.25, 0.3) is 0 Å². The van der Waals surface area contributed by atoms with Crippen LogP contribution in [0.1, 0.15) is 14.8 Å². The second-order valence-electron chi connectivity index (χ2n) is 7.30. The molecule has 1 N–H and O–H groups in total. The molecule has 33 heavy (non-hydrogen) atoms. The van der Waals surface area contributed by atoms with Gasteiger partial charge in [-0.15, -0.1) is 10.2 Å². The van der Waals surface area contributed by atoms with Gasteiger partial charge in [0.05, 0.1) is 0 Å². The Bertz CT molecular complexity index is 1120. The number of carbonyl (C=O) groups excluding carboxylic acids is 2. The number of amides is 2. The predicted octanol–water partition coefficient (Wildman–Crippen LogP) is 3.45. The highest BCUT2D eigenvalue weighted by molar-refractivity contribution is 7.13. The summed E-state index contributed by atoms with van der Waals surface area (Å²) in [5.74, 6) is -0.776. The Labute approximate surface area is 198 Å². The van der Waals surface area contributed by atoms with Crippen molar-refractivity contribution >= 4 is 46.1 Å². The van der Waals surface area contributed by atoms with E-state index in [0.717, 1.165) is 17.0 Å². The van der Waals surface area contributed by atoms with Gasteiger partial charge in [-0.3, -0.25) is 9.59 Å². The molecule has 1 aliphatic heterocycles. The molecule has 1 aromatic heterocycles. The summed E-state index contributed by atoms with van der Waals surface area (Å²) < 4.78 is 18.6. The second-order valence-corrected chi connectivity index (χ2v) is 8.80. The summed E-state index contributed by atoms with van der Waals surface area (Å²) in [6.07, 6.45) is 0. The summed E-state index contributed by atoms with van der Waals surface area (Å²) in [5, 5.41) is 11.8. The Kier molecular flexibility index (Phi) is 7.48. The van der Waals surface area contributed by atoms with Crippen LogP contribution >= 0.6 is 22.9 Å². The molecule has 1 aliphatic rings. The van der Waals surface area contributed by atoms with E-state index >= 15 is 0 Å². The van der Waals surface area contributed by atoms with Crippen molar-refractivity contribution in [1.29, 1.82) is 0 Å². The zero-order valence-electron chi connectivity index (χ0n) is 17.5. The molecule has 0 aliphatic carbocycles. The van der Waals surface area contributed by atoms with Crippen molar-refractivity contribution in [3.63, 3.8) is 0 Å². The van der Waals surface area contributed by atoms with Gasteiger partial charge in [0.1, 0.15) is 24.0 Å². The predicted molar refractivity (Wildman–Crippen MR) is 124 cm³/mol. The first-order chi connectivity index (χ1) is 16.0. The fourth-order valence-corrected chi connectivity index (χ4v) is 4.20. The molecule has 2 amide bonds.